The second-order valence-electron chi connectivity index (χ2n) is 4.73. The maximum absolute atomic E-state index is 11.3. The number of aryl methyl sites for hydroxylation is 2. The fraction of sp³-hybridized carbons (Fsp3) is 0.500. The summed E-state index contributed by atoms with van der Waals surface area (Å²) in [4.78, 5) is 11.3. The molecule has 1 rings (SSSR count). The van der Waals surface area contributed by atoms with Gasteiger partial charge in [0, 0.05) is 6.04 Å². The van der Waals surface area contributed by atoms with Gasteiger partial charge < -0.3 is 15.4 Å². The first-order valence-corrected chi connectivity index (χ1v) is 6.23. The zero-order valence-corrected chi connectivity index (χ0v) is 11.5. The Bertz CT molecular complexity index is 383. The van der Waals surface area contributed by atoms with Crippen molar-refractivity contribution in [1.29, 1.82) is 0 Å². The molecule has 1 aromatic rings. The number of carbonyl (C=O) groups is 1. The van der Waals surface area contributed by atoms with Gasteiger partial charge in [0.25, 0.3) is 0 Å². The van der Waals surface area contributed by atoms with Gasteiger partial charge in [-0.1, -0.05) is 6.07 Å². The van der Waals surface area contributed by atoms with Crippen LogP contribution in [0.3, 0.4) is 0 Å². The molecule has 1 aromatic carbocycles. The molecule has 0 saturated carbocycles. The average Bonchev–Trinajstić information content (AvgIpc) is 2.22. The number of nitrogens with one attached hydrogen (secondary N) is 2. The van der Waals surface area contributed by atoms with Gasteiger partial charge in [0.2, 0.25) is 0 Å². The van der Waals surface area contributed by atoms with E-state index in [4.69, 9.17) is 4.74 Å². The molecular formula is C14H22N2O2. The van der Waals surface area contributed by atoms with Gasteiger partial charge in [0.1, 0.15) is 12.4 Å². The standard InChI is InChI=1S/C14H22N2O2/c1-10(2)16-14(17)15-5-6-18-13-8-11(3)7-12(4)9-13/h7-10H,5-6H2,1-4H3,(H2,15,16,17). The van der Waals surface area contributed by atoms with Crippen molar-refractivity contribution in [2.24, 2.45) is 0 Å². The molecule has 0 heterocycles. The summed E-state index contributed by atoms with van der Waals surface area (Å²) in [7, 11) is 0. The molecule has 0 spiro atoms. The Kier molecular flexibility index (Phi) is 5.49. The fourth-order valence-electron chi connectivity index (χ4n) is 1.66. The third-order valence-electron chi connectivity index (χ3n) is 2.27. The van der Waals surface area contributed by atoms with Crippen LogP contribution < -0.4 is 15.4 Å². The first kappa shape index (κ1) is 14.4. The molecule has 0 atom stereocenters. The van der Waals surface area contributed by atoms with Crippen molar-refractivity contribution in [3.8, 4) is 5.75 Å². The molecule has 0 aromatic heterocycles. The number of carbonyl (C=O) groups excluding carboxylic acids is 1. The van der Waals surface area contributed by atoms with E-state index in [1.165, 1.54) is 11.1 Å². The molecule has 0 radical (unpaired) electrons. The summed E-state index contributed by atoms with van der Waals surface area (Å²) in [5.74, 6) is 0.846. The molecule has 0 aliphatic carbocycles. The summed E-state index contributed by atoms with van der Waals surface area (Å²) in [6, 6.07) is 6.06. The normalized spacial score (nSPS) is 10.3. The summed E-state index contributed by atoms with van der Waals surface area (Å²) < 4.78 is 5.58. The summed E-state index contributed by atoms with van der Waals surface area (Å²) in [6.07, 6.45) is 0. The second kappa shape index (κ2) is 6.89. The number of hydrogen-bond acceptors (Lipinski definition) is 2. The van der Waals surface area contributed by atoms with Gasteiger partial charge in [0.15, 0.2) is 0 Å². The summed E-state index contributed by atoms with van der Waals surface area (Å²) in [6.45, 7) is 8.87. The second-order valence-corrected chi connectivity index (χ2v) is 4.73. The Balaban J connectivity index is 2.27. The minimum Gasteiger partial charge on any atom is -0.492 e. The largest absolute Gasteiger partial charge is 0.492 e. The number of hydrogen-bond donors (Lipinski definition) is 2. The van der Waals surface area contributed by atoms with Crippen LogP contribution in [0.2, 0.25) is 0 Å². The SMILES string of the molecule is Cc1cc(C)cc(OCCNC(=O)NC(C)C)c1. The molecule has 0 fully saturated rings. The Hall–Kier alpha value is -1.71. The zero-order chi connectivity index (χ0) is 13.5. The first-order chi connectivity index (χ1) is 8.47. The number of rotatable bonds is 5. The average molecular weight is 250 g/mol. The predicted octanol–water partition coefficient (Wildman–Crippen LogP) is 2.39. The van der Waals surface area contributed by atoms with Crippen LogP contribution in [-0.4, -0.2) is 25.2 Å². The Morgan fingerprint density at radius 2 is 1.83 bits per heavy atom. The van der Waals surface area contributed by atoms with E-state index in [1.54, 1.807) is 0 Å². The molecule has 100 valence electrons. The lowest BCUT2D eigenvalue weighted by Crippen LogP contribution is -2.41. The van der Waals surface area contributed by atoms with E-state index in [9.17, 15) is 4.79 Å². The predicted molar refractivity (Wildman–Crippen MR) is 73.1 cm³/mol. The number of amides is 2. The molecule has 0 unspecified atom stereocenters. The van der Waals surface area contributed by atoms with Gasteiger partial charge >= 0.3 is 6.03 Å². The van der Waals surface area contributed by atoms with Gasteiger partial charge in [-0.3, -0.25) is 0 Å². The van der Waals surface area contributed by atoms with Gasteiger partial charge in [-0.25, -0.2) is 4.79 Å². The van der Waals surface area contributed by atoms with Crippen molar-refractivity contribution in [3.05, 3.63) is 29.3 Å². The molecule has 2 N–H and O–H groups in total. The Morgan fingerprint density at radius 3 is 2.39 bits per heavy atom. The van der Waals surface area contributed by atoms with E-state index >= 15 is 0 Å². The number of benzene rings is 1. The van der Waals surface area contributed by atoms with E-state index in [1.807, 2.05) is 39.8 Å². The van der Waals surface area contributed by atoms with Crippen LogP contribution in [0, 0.1) is 13.8 Å². The highest BCUT2D eigenvalue weighted by molar-refractivity contribution is 5.74. The summed E-state index contributed by atoms with van der Waals surface area (Å²) >= 11 is 0. The van der Waals surface area contributed by atoms with Crippen molar-refractivity contribution >= 4 is 6.03 Å². The molecule has 4 nitrogen and oxygen atoms in total. The third kappa shape index (κ3) is 5.57. The van der Waals surface area contributed by atoms with Crippen LogP contribution in [-0.2, 0) is 0 Å². The number of ether oxygens (including phenoxy) is 1. The molecule has 2 amide bonds. The lowest BCUT2D eigenvalue weighted by Gasteiger charge is -2.11. The lowest BCUT2D eigenvalue weighted by atomic mass is 10.1. The fourth-order valence-corrected chi connectivity index (χ4v) is 1.66. The van der Waals surface area contributed by atoms with Crippen molar-refractivity contribution in [3.63, 3.8) is 0 Å². The molecule has 0 saturated heterocycles. The quantitative estimate of drug-likeness (QED) is 0.788. The van der Waals surface area contributed by atoms with Crippen molar-refractivity contribution in [2.45, 2.75) is 33.7 Å². The van der Waals surface area contributed by atoms with Gasteiger partial charge in [-0.15, -0.1) is 0 Å². The van der Waals surface area contributed by atoms with Crippen molar-refractivity contribution in [1.82, 2.24) is 10.6 Å². The monoisotopic (exact) mass is 250 g/mol. The summed E-state index contributed by atoms with van der Waals surface area (Å²) in [5.41, 5.74) is 2.35. The minimum absolute atomic E-state index is 0.144. The highest BCUT2D eigenvalue weighted by atomic mass is 16.5. The molecular weight excluding hydrogens is 228 g/mol. The third-order valence-corrected chi connectivity index (χ3v) is 2.27. The van der Waals surface area contributed by atoms with Crippen LogP contribution in [0.25, 0.3) is 0 Å². The maximum Gasteiger partial charge on any atom is 0.315 e. The van der Waals surface area contributed by atoms with Crippen LogP contribution in [0.1, 0.15) is 25.0 Å². The topological polar surface area (TPSA) is 50.4 Å². The lowest BCUT2D eigenvalue weighted by molar-refractivity contribution is 0.234. The summed E-state index contributed by atoms with van der Waals surface area (Å²) in [5, 5.41) is 5.49. The van der Waals surface area contributed by atoms with Crippen LogP contribution in [0.5, 0.6) is 5.75 Å². The molecule has 0 bridgehead atoms. The molecule has 0 aliphatic rings. The van der Waals surface area contributed by atoms with E-state index in [-0.39, 0.29) is 12.1 Å². The minimum atomic E-state index is -0.158. The van der Waals surface area contributed by atoms with Crippen molar-refractivity contribution in [2.75, 3.05) is 13.2 Å². The Labute approximate surface area is 109 Å². The van der Waals surface area contributed by atoms with Crippen LogP contribution >= 0.6 is 0 Å². The number of urea groups is 1. The molecule has 4 heteroatoms. The van der Waals surface area contributed by atoms with Crippen LogP contribution in [0.4, 0.5) is 4.79 Å². The smallest absolute Gasteiger partial charge is 0.315 e. The maximum atomic E-state index is 11.3. The highest BCUT2D eigenvalue weighted by Crippen LogP contribution is 2.15. The molecule has 0 aliphatic heterocycles. The van der Waals surface area contributed by atoms with E-state index in [0.29, 0.717) is 13.2 Å². The molecule has 18 heavy (non-hydrogen) atoms. The van der Waals surface area contributed by atoms with Gasteiger partial charge in [-0.2, -0.15) is 0 Å². The van der Waals surface area contributed by atoms with E-state index in [2.05, 4.69) is 16.7 Å². The Morgan fingerprint density at radius 1 is 1.22 bits per heavy atom. The van der Waals surface area contributed by atoms with Crippen LogP contribution in [0.15, 0.2) is 18.2 Å². The highest BCUT2D eigenvalue weighted by Gasteiger charge is 2.01. The zero-order valence-electron chi connectivity index (χ0n) is 11.5. The van der Waals surface area contributed by atoms with Gasteiger partial charge in [-0.05, 0) is 51.0 Å². The van der Waals surface area contributed by atoms with Gasteiger partial charge in [0.05, 0.1) is 6.54 Å². The van der Waals surface area contributed by atoms with Crippen molar-refractivity contribution < 1.29 is 9.53 Å². The van der Waals surface area contributed by atoms with E-state index < -0.39 is 0 Å². The van der Waals surface area contributed by atoms with E-state index in [0.717, 1.165) is 5.75 Å². The first-order valence-electron chi connectivity index (χ1n) is 6.23.